The first-order chi connectivity index (χ1) is 16.2. The van der Waals surface area contributed by atoms with Gasteiger partial charge in [-0.3, -0.25) is 4.79 Å². The highest BCUT2D eigenvalue weighted by molar-refractivity contribution is 7.20. The van der Waals surface area contributed by atoms with Gasteiger partial charge in [0, 0.05) is 16.7 Å². The maximum absolute atomic E-state index is 13.0. The predicted octanol–water partition coefficient (Wildman–Crippen LogP) is 5.65. The molecule has 1 amide bonds. The van der Waals surface area contributed by atoms with Gasteiger partial charge in [-0.15, -0.1) is 34.0 Å². The molecule has 0 saturated heterocycles. The van der Waals surface area contributed by atoms with Crippen LogP contribution in [0, 0.1) is 6.92 Å². The van der Waals surface area contributed by atoms with Gasteiger partial charge in [-0.25, -0.2) is 15.0 Å². The van der Waals surface area contributed by atoms with Crippen molar-refractivity contribution >= 4 is 56.0 Å². The Labute approximate surface area is 203 Å². The zero-order chi connectivity index (χ0) is 22.6. The number of fused-ring (bicyclic) bond motifs is 1. The molecule has 0 atom stereocenters. The molecule has 0 saturated carbocycles. The highest BCUT2D eigenvalue weighted by Crippen LogP contribution is 2.33. The number of anilines is 1. The second-order valence-electron chi connectivity index (χ2n) is 7.47. The molecule has 4 heterocycles. The minimum Gasteiger partial charge on any atom is -0.365 e. The summed E-state index contributed by atoms with van der Waals surface area (Å²) in [6, 6.07) is 14.4. The standard InChI is InChI=1S/C24H21N5OS3/c1-15-20-22(25-12-18-8-5-9-31-18)27-14-28-24(20)33-21(15)23(30)26-11-17-13-32-19(29-17)10-16-6-3-2-4-7-16/h2-9,13-14H,10-12H2,1H3,(H,26,30)(H,25,27,28). The molecular formula is C24H21N5OS3. The third kappa shape index (κ3) is 4.95. The molecule has 9 heteroatoms. The van der Waals surface area contributed by atoms with E-state index in [4.69, 9.17) is 0 Å². The molecule has 4 aromatic heterocycles. The number of aromatic nitrogens is 3. The molecule has 5 rings (SSSR count). The van der Waals surface area contributed by atoms with Gasteiger partial charge in [0.1, 0.15) is 17.0 Å². The Morgan fingerprint density at radius 1 is 1.03 bits per heavy atom. The van der Waals surface area contributed by atoms with Gasteiger partial charge in [-0.05, 0) is 29.5 Å². The monoisotopic (exact) mass is 491 g/mol. The number of benzene rings is 1. The fraction of sp³-hybridized carbons (Fsp3) is 0.167. The molecule has 0 spiro atoms. The van der Waals surface area contributed by atoms with Crippen molar-refractivity contribution in [1.82, 2.24) is 20.3 Å². The number of carbonyl (C=O) groups excluding carboxylic acids is 1. The van der Waals surface area contributed by atoms with Crippen LogP contribution in [0.4, 0.5) is 5.82 Å². The molecule has 166 valence electrons. The van der Waals surface area contributed by atoms with E-state index in [9.17, 15) is 4.79 Å². The smallest absolute Gasteiger partial charge is 0.262 e. The highest BCUT2D eigenvalue weighted by atomic mass is 32.1. The number of hydrogen-bond donors (Lipinski definition) is 2. The summed E-state index contributed by atoms with van der Waals surface area (Å²) in [5.74, 6) is 0.642. The maximum Gasteiger partial charge on any atom is 0.262 e. The van der Waals surface area contributed by atoms with Crippen molar-refractivity contribution < 1.29 is 4.79 Å². The van der Waals surface area contributed by atoms with Gasteiger partial charge in [0.15, 0.2) is 0 Å². The molecule has 0 radical (unpaired) electrons. The lowest BCUT2D eigenvalue weighted by molar-refractivity contribution is 0.0954. The number of amides is 1. The van der Waals surface area contributed by atoms with Gasteiger partial charge in [0.25, 0.3) is 5.91 Å². The number of rotatable bonds is 8. The van der Waals surface area contributed by atoms with Crippen molar-refractivity contribution in [1.29, 1.82) is 0 Å². The van der Waals surface area contributed by atoms with Crippen LogP contribution in [0.3, 0.4) is 0 Å². The van der Waals surface area contributed by atoms with Gasteiger partial charge < -0.3 is 10.6 Å². The molecule has 0 aliphatic carbocycles. The summed E-state index contributed by atoms with van der Waals surface area (Å²) in [5, 5.41) is 12.4. The van der Waals surface area contributed by atoms with Crippen molar-refractivity contribution in [3.63, 3.8) is 0 Å². The van der Waals surface area contributed by atoms with Crippen LogP contribution in [-0.2, 0) is 19.5 Å². The van der Waals surface area contributed by atoms with Crippen LogP contribution in [0.2, 0.25) is 0 Å². The number of aryl methyl sites for hydroxylation is 1. The Morgan fingerprint density at radius 2 is 1.91 bits per heavy atom. The summed E-state index contributed by atoms with van der Waals surface area (Å²) in [7, 11) is 0. The molecule has 0 unspecified atom stereocenters. The molecule has 0 aliphatic heterocycles. The average molecular weight is 492 g/mol. The van der Waals surface area contributed by atoms with Gasteiger partial charge in [0.2, 0.25) is 0 Å². The van der Waals surface area contributed by atoms with Crippen LogP contribution >= 0.6 is 34.0 Å². The van der Waals surface area contributed by atoms with E-state index in [1.54, 1.807) is 29.0 Å². The lowest BCUT2D eigenvalue weighted by Crippen LogP contribution is -2.22. The van der Waals surface area contributed by atoms with Crippen LogP contribution in [0.15, 0.2) is 59.6 Å². The van der Waals surface area contributed by atoms with E-state index in [1.165, 1.54) is 21.8 Å². The number of hydrogen-bond acceptors (Lipinski definition) is 8. The zero-order valence-corrected chi connectivity index (χ0v) is 20.3. The Morgan fingerprint density at radius 3 is 2.73 bits per heavy atom. The van der Waals surface area contributed by atoms with Gasteiger partial charge in [-0.1, -0.05) is 36.4 Å². The molecule has 2 N–H and O–H groups in total. The van der Waals surface area contributed by atoms with Crippen LogP contribution in [0.1, 0.15) is 36.4 Å². The summed E-state index contributed by atoms with van der Waals surface area (Å²) in [5.41, 5.74) is 2.99. The van der Waals surface area contributed by atoms with Crippen molar-refractivity contribution in [2.45, 2.75) is 26.4 Å². The minimum absolute atomic E-state index is 0.114. The fourth-order valence-corrected chi connectivity index (χ4v) is 6.08. The van der Waals surface area contributed by atoms with E-state index in [1.807, 2.05) is 36.6 Å². The second-order valence-corrected chi connectivity index (χ2v) is 10.4. The Balaban J connectivity index is 1.27. The summed E-state index contributed by atoms with van der Waals surface area (Å²) in [6.07, 6.45) is 2.34. The molecule has 0 bridgehead atoms. The maximum atomic E-state index is 13.0. The summed E-state index contributed by atoms with van der Waals surface area (Å²) >= 11 is 4.71. The Bertz CT molecular complexity index is 1380. The number of nitrogens with one attached hydrogen (secondary N) is 2. The van der Waals surface area contributed by atoms with Crippen LogP contribution in [0.25, 0.3) is 10.2 Å². The van der Waals surface area contributed by atoms with Crippen LogP contribution in [-0.4, -0.2) is 20.9 Å². The SMILES string of the molecule is Cc1c(C(=O)NCc2csc(Cc3ccccc3)n2)sc2ncnc(NCc3cccs3)c12. The molecular weight excluding hydrogens is 470 g/mol. The van der Waals surface area contributed by atoms with E-state index in [0.29, 0.717) is 18.0 Å². The Kier molecular flexibility index (Phi) is 6.43. The molecule has 5 aromatic rings. The van der Waals surface area contributed by atoms with E-state index < -0.39 is 0 Å². The zero-order valence-electron chi connectivity index (χ0n) is 17.9. The van der Waals surface area contributed by atoms with Crippen molar-refractivity contribution in [2.24, 2.45) is 0 Å². The first kappa shape index (κ1) is 21.7. The molecule has 6 nitrogen and oxygen atoms in total. The number of carbonyl (C=O) groups is 1. The molecule has 0 aliphatic rings. The number of thiazole rings is 1. The average Bonchev–Trinajstić information content (AvgIpc) is 3.58. The van der Waals surface area contributed by atoms with Crippen molar-refractivity contribution in [2.75, 3.05) is 5.32 Å². The third-order valence-corrected chi connectivity index (χ3v) is 8.14. The van der Waals surface area contributed by atoms with Gasteiger partial charge >= 0.3 is 0 Å². The molecule has 1 aromatic carbocycles. The first-order valence-corrected chi connectivity index (χ1v) is 13.0. The van der Waals surface area contributed by atoms with Crippen LogP contribution < -0.4 is 10.6 Å². The third-order valence-electron chi connectivity index (χ3n) is 5.17. The van der Waals surface area contributed by atoms with E-state index in [0.717, 1.165) is 38.7 Å². The van der Waals surface area contributed by atoms with E-state index in [2.05, 4.69) is 49.2 Å². The number of thiophene rings is 2. The van der Waals surface area contributed by atoms with E-state index >= 15 is 0 Å². The lowest BCUT2D eigenvalue weighted by atomic mass is 10.2. The van der Waals surface area contributed by atoms with Crippen molar-refractivity contribution in [3.8, 4) is 0 Å². The molecule has 33 heavy (non-hydrogen) atoms. The number of nitrogens with zero attached hydrogens (tertiary/aromatic N) is 3. The summed E-state index contributed by atoms with van der Waals surface area (Å²) < 4.78 is 0. The minimum atomic E-state index is -0.114. The largest absolute Gasteiger partial charge is 0.365 e. The van der Waals surface area contributed by atoms with Crippen LogP contribution in [0.5, 0.6) is 0 Å². The summed E-state index contributed by atoms with van der Waals surface area (Å²) in [4.78, 5) is 29.1. The van der Waals surface area contributed by atoms with Gasteiger partial charge in [0.05, 0.1) is 34.1 Å². The Hall–Kier alpha value is -3.14. The van der Waals surface area contributed by atoms with E-state index in [-0.39, 0.29) is 5.91 Å². The fourth-order valence-electron chi connectivity index (χ4n) is 3.54. The van der Waals surface area contributed by atoms with Gasteiger partial charge in [-0.2, -0.15) is 0 Å². The van der Waals surface area contributed by atoms with Crippen molar-refractivity contribution in [3.05, 3.63) is 91.1 Å². The molecule has 0 fully saturated rings. The topological polar surface area (TPSA) is 79.8 Å². The highest BCUT2D eigenvalue weighted by Gasteiger charge is 2.19. The quantitative estimate of drug-likeness (QED) is 0.293. The predicted molar refractivity (Wildman–Crippen MR) is 136 cm³/mol. The summed E-state index contributed by atoms with van der Waals surface area (Å²) in [6.45, 7) is 3.04. The second kappa shape index (κ2) is 9.78. The first-order valence-electron chi connectivity index (χ1n) is 10.4. The normalized spacial score (nSPS) is 11.1. The lowest BCUT2D eigenvalue weighted by Gasteiger charge is -2.06.